The van der Waals surface area contributed by atoms with E-state index in [2.05, 4.69) is 10.6 Å². The van der Waals surface area contributed by atoms with E-state index >= 15 is 0 Å². The molecule has 2 aromatic rings. The molecule has 0 aliphatic rings. The van der Waals surface area contributed by atoms with Crippen molar-refractivity contribution in [2.75, 3.05) is 36.6 Å². The maximum atomic E-state index is 13.1. The van der Waals surface area contributed by atoms with Crippen LogP contribution in [0.15, 0.2) is 42.5 Å². The quantitative estimate of drug-likeness (QED) is 0.541. The van der Waals surface area contributed by atoms with Gasteiger partial charge >= 0.3 is 6.18 Å². The number of nitrogens with zero attached hydrogens (tertiary/aromatic N) is 1. The lowest BCUT2D eigenvalue weighted by Gasteiger charge is -2.18. The molecule has 0 aromatic heterocycles. The summed E-state index contributed by atoms with van der Waals surface area (Å²) in [6, 6.07) is 11.1. The van der Waals surface area contributed by atoms with Crippen LogP contribution in [0.25, 0.3) is 0 Å². The third kappa shape index (κ3) is 5.80. The normalized spacial score (nSPS) is 11.1. The second-order valence-electron chi connectivity index (χ2n) is 6.03. The molecule has 0 saturated carbocycles. The number of nitrogens with two attached hydrogens (primary N) is 1. The molecule has 0 heterocycles. The Bertz CT molecular complexity index is 758. The highest BCUT2D eigenvalue weighted by atomic mass is 32.1. The van der Waals surface area contributed by atoms with Gasteiger partial charge in [-0.2, -0.15) is 13.2 Å². The smallest absolute Gasteiger partial charge is 0.399 e. The summed E-state index contributed by atoms with van der Waals surface area (Å²) in [5.74, 6) is 0. The molecule has 4 N–H and O–H groups in total. The summed E-state index contributed by atoms with van der Waals surface area (Å²) in [5, 5.41) is 6.39. The van der Waals surface area contributed by atoms with Gasteiger partial charge in [0.15, 0.2) is 5.11 Å². The molecule has 0 radical (unpaired) electrons. The Morgan fingerprint density at radius 3 is 2.35 bits per heavy atom. The van der Waals surface area contributed by atoms with E-state index in [9.17, 15) is 13.2 Å². The van der Waals surface area contributed by atoms with Gasteiger partial charge in [-0.1, -0.05) is 0 Å². The lowest BCUT2D eigenvalue weighted by Crippen LogP contribution is -2.30. The van der Waals surface area contributed by atoms with Crippen molar-refractivity contribution in [1.82, 2.24) is 5.32 Å². The van der Waals surface area contributed by atoms with Gasteiger partial charge in [-0.05, 0) is 66.7 Å². The Kier molecular flexibility index (Phi) is 6.31. The zero-order valence-electron chi connectivity index (χ0n) is 14.5. The topological polar surface area (TPSA) is 53.3 Å². The monoisotopic (exact) mass is 382 g/mol. The first kappa shape index (κ1) is 19.8. The fourth-order valence-electron chi connectivity index (χ4n) is 2.30. The van der Waals surface area contributed by atoms with Crippen molar-refractivity contribution in [3.63, 3.8) is 0 Å². The zero-order chi connectivity index (χ0) is 19.3. The van der Waals surface area contributed by atoms with E-state index in [1.807, 2.05) is 0 Å². The highest BCUT2D eigenvalue weighted by Gasteiger charge is 2.31. The first-order chi connectivity index (χ1) is 12.1. The molecular formula is C18H21F3N4S. The largest absolute Gasteiger partial charge is 0.416 e. The van der Waals surface area contributed by atoms with Crippen LogP contribution in [-0.2, 0) is 12.6 Å². The average Bonchev–Trinajstić information content (AvgIpc) is 2.56. The number of anilines is 3. The number of alkyl halides is 3. The lowest BCUT2D eigenvalue weighted by atomic mass is 10.1. The Labute approximate surface area is 156 Å². The summed E-state index contributed by atoms with van der Waals surface area (Å²) in [6.45, 7) is 0.412. The minimum absolute atomic E-state index is 0.398. The Balaban J connectivity index is 1.97. The Morgan fingerprint density at radius 1 is 1.12 bits per heavy atom. The van der Waals surface area contributed by atoms with Crippen LogP contribution < -0.4 is 21.3 Å². The van der Waals surface area contributed by atoms with Crippen LogP contribution in [0.4, 0.5) is 30.2 Å². The summed E-state index contributed by atoms with van der Waals surface area (Å²) in [7, 11) is 3.42. The van der Waals surface area contributed by atoms with E-state index in [1.54, 1.807) is 49.3 Å². The van der Waals surface area contributed by atoms with Gasteiger partial charge in [0.1, 0.15) is 0 Å². The number of hydrogen-bond donors (Lipinski definition) is 3. The van der Waals surface area contributed by atoms with E-state index in [0.29, 0.717) is 35.0 Å². The van der Waals surface area contributed by atoms with Crippen LogP contribution in [0.2, 0.25) is 0 Å². The summed E-state index contributed by atoms with van der Waals surface area (Å²) in [4.78, 5) is 1.65. The Hall–Kier alpha value is -2.48. The van der Waals surface area contributed by atoms with Crippen molar-refractivity contribution in [2.45, 2.75) is 12.6 Å². The van der Waals surface area contributed by atoms with Crippen LogP contribution in [-0.4, -0.2) is 25.8 Å². The zero-order valence-corrected chi connectivity index (χ0v) is 15.3. The molecule has 0 aliphatic heterocycles. The summed E-state index contributed by atoms with van der Waals surface area (Å²) >= 11 is 5.19. The maximum absolute atomic E-state index is 13.1. The lowest BCUT2D eigenvalue weighted by molar-refractivity contribution is -0.137. The molecule has 0 atom stereocenters. The molecular weight excluding hydrogens is 361 g/mol. The molecule has 0 fully saturated rings. The number of hydrogen-bond acceptors (Lipinski definition) is 3. The van der Waals surface area contributed by atoms with Gasteiger partial charge in [0, 0.05) is 37.7 Å². The number of halogens is 3. The van der Waals surface area contributed by atoms with Gasteiger partial charge in [-0.25, -0.2) is 0 Å². The van der Waals surface area contributed by atoms with Gasteiger partial charge in [-0.15, -0.1) is 0 Å². The highest BCUT2D eigenvalue weighted by Crippen LogP contribution is 2.32. The molecule has 2 rings (SSSR count). The number of rotatable bonds is 5. The molecule has 26 heavy (non-hydrogen) atoms. The third-order valence-electron chi connectivity index (χ3n) is 3.69. The molecule has 2 aromatic carbocycles. The van der Waals surface area contributed by atoms with Gasteiger partial charge in [0.2, 0.25) is 0 Å². The number of nitrogens with one attached hydrogen (secondary N) is 2. The SMILES string of the molecule is CN(C)c1cc(CCNC(=S)Nc2ccc(N)cc2)cc(C(F)(F)F)c1. The molecule has 0 bridgehead atoms. The van der Waals surface area contributed by atoms with Crippen LogP contribution in [0.5, 0.6) is 0 Å². The van der Waals surface area contributed by atoms with E-state index < -0.39 is 11.7 Å². The summed E-state index contributed by atoms with van der Waals surface area (Å²) in [6.07, 6.45) is -3.96. The van der Waals surface area contributed by atoms with Crippen LogP contribution in [0.3, 0.4) is 0 Å². The molecule has 140 valence electrons. The summed E-state index contributed by atoms with van der Waals surface area (Å²) < 4.78 is 39.2. The van der Waals surface area contributed by atoms with Crippen molar-refractivity contribution in [3.05, 3.63) is 53.6 Å². The third-order valence-corrected chi connectivity index (χ3v) is 3.94. The Morgan fingerprint density at radius 2 is 1.77 bits per heavy atom. The van der Waals surface area contributed by atoms with Crippen molar-refractivity contribution in [3.8, 4) is 0 Å². The van der Waals surface area contributed by atoms with E-state index in [1.165, 1.54) is 6.07 Å². The standard InChI is InChI=1S/C18H21F3N4S/c1-25(2)16-10-12(9-13(11-16)18(19,20)21)7-8-23-17(26)24-15-5-3-14(22)4-6-15/h3-6,9-11H,7-8,22H2,1-2H3,(H2,23,24,26). The van der Waals surface area contributed by atoms with E-state index in [4.69, 9.17) is 18.0 Å². The van der Waals surface area contributed by atoms with E-state index in [-0.39, 0.29) is 0 Å². The van der Waals surface area contributed by atoms with Gasteiger partial charge in [-0.3, -0.25) is 0 Å². The molecule has 4 nitrogen and oxygen atoms in total. The first-order valence-corrected chi connectivity index (χ1v) is 8.35. The maximum Gasteiger partial charge on any atom is 0.416 e. The summed E-state index contributed by atoms with van der Waals surface area (Å²) in [5.41, 5.74) is 7.50. The second-order valence-corrected chi connectivity index (χ2v) is 6.44. The van der Waals surface area contributed by atoms with Crippen LogP contribution >= 0.6 is 12.2 Å². The van der Waals surface area contributed by atoms with Crippen molar-refractivity contribution in [2.24, 2.45) is 0 Å². The van der Waals surface area contributed by atoms with Crippen molar-refractivity contribution in [1.29, 1.82) is 0 Å². The number of thiocarbonyl (C=S) groups is 1. The predicted molar refractivity (Wildman–Crippen MR) is 105 cm³/mol. The van der Waals surface area contributed by atoms with Gasteiger partial charge in [0.05, 0.1) is 5.56 Å². The number of nitrogen functional groups attached to an aromatic ring is 1. The second kappa shape index (κ2) is 8.27. The van der Waals surface area contributed by atoms with Crippen LogP contribution in [0.1, 0.15) is 11.1 Å². The van der Waals surface area contributed by atoms with Crippen LogP contribution in [0, 0.1) is 0 Å². The van der Waals surface area contributed by atoms with E-state index in [0.717, 1.165) is 11.8 Å². The fraction of sp³-hybridized carbons (Fsp3) is 0.278. The fourth-order valence-corrected chi connectivity index (χ4v) is 2.52. The predicted octanol–water partition coefficient (Wildman–Crippen LogP) is 3.88. The average molecular weight is 382 g/mol. The molecule has 0 saturated heterocycles. The minimum atomic E-state index is -4.37. The number of benzene rings is 2. The van der Waals surface area contributed by atoms with Gasteiger partial charge < -0.3 is 21.3 Å². The minimum Gasteiger partial charge on any atom is -0.399 e. The molecule has 0 aliphatic carbocycles. The molecule has 0 amide bonds. The van der Waals surface area contributed by atoms with Gasteiger partial charge in [0.25, 0.3) is 0 Å². The molecule has 0 spiro atoms. The van der Waals surface area contributed by atoms with Crippen molar-refractivity contribution < 1.29 is 13.2 Å². The highest BCUT2D eigenvalue weighted by molar-refractivity contribution is 7.80. The first-order valence-electron chi connectivity index (χ1n) is 7.94. The molecule has 0 unspecified atom stereocenters. The van der Waals surface area contributed by atoms with Crippen molar-refractivity contribution >= 4 is 34.4 Å². The molecule has 8 heteroatoms.